The van der Waals surface area contributed by atoms with Gasteiger partial charge in [-0.3, -0.25) is 9.59 Å². The van der Waals surface area contributed by atoms with Gasteiger partial charge in [0, 0.05) is 16.7 Å². The van der Waals surface area contributed by atoms with E-state index in [4.69, 9.17) is 4.74 Å². The second-order valence-corrected chi connectivity index (χ2v) is 11.3. The molecule has 0 bridgehead atoms. The molecule has 0 aliphatic carbocycles. The largest absolute Gasteiger partial charge is 0.467 e. The number of carbonyl (C=O) groups excluding carboxylic acids is 3. The number of methoxy groups -OCH3 is 1. The quantitative estimate of drug-likeness (QED) is 0.413. The normalized spacial score (nSPS) is 19.5. The minimum Gasteiger partial charge on any atom is -0.467 e. The number of carbonyl (C=O) groups is 3. The molecule has 1 aromatic heterocycles. The predicted octanol–water partition coefficient (Wildman–Crippen LogP) is 4.33. The van der Waals surface area contributed by atoms with Gasteiger partial charge in [0.2, 0.25) is 0 Å². The predicted molar refractivity (Wildman–Crippen MR) is 133 cm³/mol. The van der Waals surface area contributed by atoms with Crippen LogP contribution in [0.3, 0.4) is 0 Å². The Kier molecular flexibility index (Phi) is 6.68. The van der Waals surface area contributed by atoms with Gasteiger partial charge in [-0.2, -0.15) is 0 Å². The van der Waals surface area contributed by atoms with Crippen LogP contribution in [0.2, 0.25) is 0 Å². The number of benzene rings is 1. The van der Waals surface area contributed by atoms with E-state index in [0.29, 0.717) is 53.4 Å². The number of esters is 1. The number of halogens is 2. The number of amides is 2. The zero-order chi connectivity index (χ0) is 23.9. The lowest BCUT2D eigenvalue weighted by molar-refractivity contribution is -0.145. The smallest absolute Gasteiger partial charge is 0.328 e. The minimum atomic E-state index is -0.673. The van der Waals surface area contributed by atoms with Crippen LogP contribution in [-0.4, -0.2) is 48.9 Å². The molecule has 0 radical (unpaired) electrons. The maximum atomic E-state index is 14.6. The second-order valence-electron chi connectivity index (χ2n) is 9.07. The molecule has 0 spiro atoms. The fourth-order valence-corrected chi connectivity index (χ4v) is 5.91. The standard InChI is InChI=1S/C23H25FIN3O4S/c1-23(2)10-13-17(21(30)28-8-4-5-16(28)22(31)32-3)20(33-18(13)19(29)26-11-23)27-15-7-6-12(25)9-14(15)24/h6-7,9,16,27H,4-5,8,10-11H2,1-3H3,(H,26,29). The molecule has 2 aliphatic rings. The third-order valence-electron chi connectivity index (χ3n) is 5.98. The Balaban J connectivity index is 1.83. The highest BCUT2D eigenvalue weighted by Crippen LogP contribution is 2.42. The summed E-state index contributed by atoms with van der Waals surface area (Å²) in [7, 11) is 1.30. The lowest BCUT2D eigenvalue weighted by Gasteiger charge is -2.26. The van der Waals surface area contributed by atoms with Crippen LogP contribution in [-0.2, 0) is 16.0 Å². The summed E-state index contributed by atoms with van der Waals surface area (Å²) in [6.45, 7) is 4.93. The van der Waals surface area contributed by atoms with Crippen molar-refractivity contribution in [2.45, 2.75) is 39.2 Å². The van der Waals surface area contributed by atoms with Gasteiger partial charge in [0.05, 0.1) is 23.2 Å². The van der Waals surface area contributed by atoms with Crippen molar-refractivity contribution in [1.29, 1.82) is 0 Å². The average molecular weight is 585 g/mol. The van der Waals surface area contributed by atoms with Crippen LogP contribution in [0.25, 0.3) is 0 Å². The van der Waals surface area contributed by atoms with Crippen molar-refractivity contribution in [3.05, 3.63) is 43.6 Å². The van der Waals surface area contributed by atoms with Crippen LogP contribution in [0.1, 0.15) is 52.3 Å². The van der Waals surface area contributed by atoms with Gasteiger partial charge in [-0.15, -0.1) is 11.3 Å². The fourth-order valence-electron chi connectivity index (χ4n) is 4.32. The monoisotopic (exact) mass is 585 g/mol. The topological polar surface area (TPSA) is 87.7 Å². The molecule has 1 unspecified atom stereocenters. The van der Waals surface area contributed by atoms with E-state index in [2.05, 4.69) is 10.6 Å². The van der Waals surface area contributed by atoms with E-state index in [0.717, 1.165) is 14.9 Å². The number of likely N-dealkylation sites (tertiary alicyclic amines) is 1. The van der Waals surface area contributed by atoms with Gasteiger partial charge in [-0.05, 0) is 71.0 Å². The zero-order valence-electron chi connectivity index (χ0n) is 18.6. The number of ether oxygens (including phenoxy) is 1. The van der Waals surface area contributed by atoms with E-state index in [9.17, 15) is 18.8 Å². The van der Waals surface area contributed by atoms with Gasteiger partial charge in [0.1, 0.15) is 16.9 Å². The number of hydrogen-bond acceptors (Lipinski definition) is 6. The maximum Gasteiger partial charge on any atom is 0.328 e. The number of hydrogen-bond donors (Lipinski definition) is 2. The van der Waals surface area contributed by atoms with Crippen LogP contribution in [0, 0.1) is 14.8 Å². The maximum absolute atomic E-state index is 14.6. The Morgan fingerprint density at radius 1 is 1.36 bits per heavy atom. The molecule has 1 saturated heterocycles. The third-order valence-corrected chi connectivity index (χ3v) is 7.79. The molecule has 3 heterocycles. The van der Waals surface area contributed by atoms with E-state index in [1.165, 1.54) is 18.1 Å². The van der Waals surface area contributed by atoms with Crippen LogP contribution in [0.4, 0.5) is 15.1 Å². The molecule has 1 atom stereocenters. The average Bonchev–Trinajstić information content (AvgIpc) is 3.36. The Hall–Kier alpha value is -2.21. The molecular weight excluding hydrogens is 560 g/mol. The Morgan fingerprint density at radius 3 is 2.82 bits per heavy atom. The zero-order valence-corrected chi connectivity index (χ0v) is 21.6. The van der Waals surface area contributed by atoms with E-state index in [1.54, 1.807) is 12.1 Å². The fraction of sp³-hybridized carbons (Fsp3) is 0.435. The number of thiophene rings is 1. The van der Waals surface area contributed by atoms with Gasteiger partial charge < -0.3 is 20.3 Å². The highest BCUT2D eigenvalue weighted by atomic mass is 127. The summed E-state index contributed by atoms with van der Waals surface area (Å²) in [5.74, 6) is -1.52. The number of rotatable bonds is 4. The summed E-state index contributed by atoms with van der Waals surface area (Å²) in [5.41, 5.74) is 0.893. The first kappa shape index (κ1) is 23.9. The first-order valence-electron chi connectivity index (χ1n) is 10.7. The van der Waals surface area contributed by atoms with Crippen molar-refractivity contribution in [3.8, 4) is 0 Å². The summed E-state index contributed by atoms with van der Waals surface area (Å²) < 4.78 is 20.3. The molecule has 33 heavy (non-hydrogen) atoms. The van der Waals surface area contributed by atoms with Gasteiger partial charge in [-0.1, -0.05) is 13.8 Å². The number of fused-ring (bicyclic) bond motifs is 1. The van der Waals surface area contributed by atoms with Gasteiger partial charge >= 0.3 is 5.97 Å². The van der Waals surface area contributed by atoms with Crippen molar-refractivity contribution in [2.24, 2.45) is 5.41 Å². The number of anilines is 2. The Morgan fingerprint density at radius 2 is 2.12 bits per heavy atom. The number of nitrogens with zero attached hydrogens (tertiary/aromatic N) is 1. The van der Waals surface area contributed by atoms with E-state index >= 15 is 0 Å². The van der Waals surface area contributed by atoms with Crippen LogP contribution in [0.5, 0.6) is 0 Å². The summed E-state index contributed by atoms with van der Waals surface area (Å²) >= 11 is 3.16. The molecule has 2 aliphatic heterocycles. The minimum absolute atomic E-state index is 0.214. The first-order chi connectivity index (χ1) is 15.6. The van der Waals surface area contributed by atoms with Crippen molar-refractivity contribution < 1.29 is 23.5 Å². The highest BCUT2D eigenvalue weighted by Gasteiger charge is 2.40. The molecule has 1 fully saturated rings. The van der Waals surface area contributed by atoms with Crippen LogP contribution in [0.15, 0.2) is 18.2 Å². The highest BCUT2D eigenvalue weighted by molar-refractivity contribution is 14.1. The summed E-state index contributed by atoms with van der Waals surface area (Å²) in [5, 5.41) is 6.38. The van der Waals surface area contributed by atoms with Gasteiger partial charge in [0.15, 0.2) is 0 Å². The molecule has 1 aromatic carbocycles. The summed E-state index contributed by atoms with van der Waals surface area (Å²) in [4.78, 5) is 41.0. The molecule has 2 amide bonds. The van der Waals surface area contributed by atoms with Crippen molar-refractivity contribution in [3.63, 3.8) is 0 Å². The molecule has 176 valence electrons. The second kappa shape index (κ2) is 9.21. The Labute approximate surface area is 209 Å². The van der Waals surface area contributed by atoms with Crippen molar-refractivity contribution in [1.82, 2.24) is 10.2 Å². The lowest BCUT2D eigenvalue weighted by Crippen LogP contribution is -2.41. The van der Waals surface area contributed by atoms with E-state index in [1.807, 2.05) is 36.4 Å². The van der Waals surface area contributed by atoms with E-state index in [-0.39, 0.29) is 22.9 Å². The summed E-state index contributed by atoms with van der Waals surface area (Å²) in [6.07, 6.45) is 1.69. The lowest BCUT2D eigenvalue weighted by atomic mass is 9.85. The van der Waals surface area contributed by atoms with Crippen molar-refractivity contribution in [2.75, 3.05) is 25.5 Å². The van der Waals surface area contributed by atoms with Crippen LogP contribution < -0.4 is 10.6 Å². The van der Waals surface area contributed by atoms with E-state index < -0.39 is 17.8 Å². The first-order valence-corrected chi connectivity index (χ1v) is 12.6. The van der Waals surface area contributed by atoms with Gasteiger partial charge in [0.25, 0.3) is 11.8 Å². The molecule has 2 N–H and O–H groups in total. The Bertz CT molecular complexity index is 1130. The molecule has 7 nitrogen and oxygen atoms in total. The van der Waals surface area contributed by atoms with Crippen LogP contribution >= 0.6 is 33.9 Å². The molecule has 4 rings (SSSR count). The molecule has 0 saturated carbocycles. The summed E-state index contributed by atoms with van der Waals surface area (Å²) in [6, 6.07) is 4.09. The van der Waals surface area contributed by atoms with Gasteiger partial charge in [-0.25, -0.2) is 9.18 Å². The third kappa shape index (κ3) is 4.72. The SMILES string of the molecule is COC(=O)C1CCCN1C(=O)c1c(Nc2ccc(I)cc2F)sc2c1CC(C)(C)CNC2=O. The molecule has 10 heteroatoms. The van der Waals surface area contributed by atoms with Crippen molar-refractivity contribution >= 4 is 62.4 Å². The number of nitrogens with one attached hydrogen (secondary N) is 2. The molecular formula is C23H25FIN3O4S. The molecule has 2 aromatic rings.